The summed E-state index contributed by atoms with van der Waals surface area (Å²) in [5.41, 5.74) is 2.29. The summed E-state index contributed by atoms with van der Waals surface area (Å²) in [6, 6.07) is 9.63. The van der Waals surface area contributed by atoms with Gasteiger partial charge in [0.05, 0.1) is 6.54 Å². The number of nitrogens with zero attached hydrogens (tertiary/aromatic N) is 2. The quantitative estimate of drug-likeness (QED) is 0.851. The second kappa shape index (κ2) is 6.61. The van der Waals surface area contributed by atoms with E-state index in [1.807, 2.05) is 29.2 Å². The number of benzene rings is 1. The molecule has 1 amide bonds. The predicted octanol–water partition coefficient (Wildman–Crippen LogP) is 3.73. The lowest BCUT2D eigenvalue weighted by Gasteiger charge is -2.28. The molecular formula is C19H21ClN2O2. The van der Waals surface area contributed by atoms with E-state index >= 15 is 0 Å². The number of amides is 1. The summed E-state index contributed by atoms with van der Waals surface area (Å²) in [5, 5.41) is 0.797. The molecule has 2 aromatic rings. The van der Waals surface area contributed by atoms with Crippen molar-refractivity contribution in [3.05, 3.63) is 58.0 Å². The molecule has 0 bridgehead atoms. The fourth-order valence-electron chi connectivity index (χ4n) is 3.63. The van der Waals surface area contributed by atoms with Gasteiger partial charge in [-0.2, -0.15) is 0 Å². The average molecular weight is 345 g/mol. The Morgan fingerprint density at radius 2 is 1.96 bits per heavy atom. The minimum Gasteiger partial charge on any atom is -0.455 e. The minimum absolute atomic E-state index is 0.0340. The Labute approximate surface area is 147 Å². The summed E-state index contributed by atoms with van der Waals surface area (Å²) in [7, 11) is 0. The topological polar surface area (TPSA) is 36.7 Å². The molecule has 0 radical (unpaired) electrons. The van der Waals surface area contributed by atoms with Crippen molar-refractivity contribution in [1.82, 2.24) is 9.80 Å². The van der Waals surface area contributed by atoms with Crippen LogP contribution in [0.2, 0.25) is 5.02 Å². The van der Waals surface area contributed by atoms with Gasteiger partial charge in [-0.25, -0.2) is 0 Å². The van der Waals surface area contributed by atoms with Gasteiger partial charge in [0, 0.05) is 18.1 Å². The van der Waals surface area contributed by atoms with Crippen molar-refractivity contribution < 1.29 is 9.21 Å². The molecular weight excluding hydrogens is 324 g/mol. The normalized spacial score (nSPS) is 18.0. The molecule has 4 nitrogen and oxygen atoms in total. The van der Waals surface area contributed by atoms with Gasteiger partial charge in [-0.3, -0.25) is 9.69 Å². The number of rotatable bonds is 3. The molecule has 0 atom stereocenters. The smallest absolute Gasteiger partial charge is 0.289 e. The Balaban J connectivity index is 1.45. The van der Waals surface area contributed by atoms with Gasteiger partial charge in [0.2, 0.25) is 0 Å². The van der Waals surface area contributed by atoms with E-state index in [4.69, 9.17) is 16.0 Å². The summed E-state index contributed by atoms with van der Waals surface area (Å²) in [5.74, 6) is 1.28. The molecule has 1 saturated heterocycles. The maximum atomic E-state index is 12.7. The number of halogens is 1. The van der Waals surface area contributed by atoms with Crippen molar-refractivity contribution in [2.75, 3.05) is 19.6 Å². The van der Waals surface area contributed by atoms with Gasteiger partial charge in [-0.15, -0.1) is 0 Å². The third kappa shape index (κ3) is 3.08. The molecule has 1 fully saturated rings. The predicted molar refractivity (Wildman–Crippen MR) is 93.1 cm³/mol. The Hall–Kier alpha value is -1.78. The lowest BCUT2D eigenvalue weighted by Crippen LogP contribution is -2.35. The summed E-state index contributed by atoms with van der Waals surface area (Å²) in [4.78, 5) is 16.9. The minimum atomic E-state index is -0.0340. The Morgan fingerprint density at radius 3 is 2.79 bits per heavy atom. The van der Waals surface area contributed by atoms with Crippen LogP contribution in [0.4, 0.5) is 0 Å². The van der Waals surface area contributed by atoms with Crippen LogP contribution in [0.1, 0.15) is 40.3 Å². The third-order valence-electron chi connectivity index (χ3n) is 4.95. The first kappa shape index (κ1) is 15.7. The standard InChI is InChI=1S/C19H21ClN2O2/c20-17-5-3-4-14-12-22(11-8-16(14)17)19(23)18-7-6-15(24-18)13-21-9-1-2-10-21/h3-7H,1-2,8-13H2. The van der Waals surface area contributed by atoms with E-state index in [1.165, 1.54) is 12.8 Å². The Bertz CT molecular complexity index is 750. The van der Waals surface area contributed by atoms with Crippen LogP contribution in [0.15, 0.2) is 34.7 Å². The molecule has 0 saturated carbocycles. The van der Waals surface area contributed by atoms with E-state index in [2.05, 4.69) is 4.90 Å². The van der Waals surface area contributed by atoms with Crippen LogP contribution < -0.4 is 0 Å². The highest BCUT2D eigenvalue weighted by molar-refractivity contribution is 6.31. The first-order chi connectivity index (χ1) is 11.7. The molecule has 3 heterocycles. The average Bonchev–Trinajstić information content (AvgIpc) is 3.26. The zero-order valence-electron chi connectivity index (χ0n) is 13.6. The molecule has 24 heavy (non-hydrogen) atoms. The SMILES string of the molecule is O=C(c1ccc(CN2CCCC2)o1)N1CCc2c(Cl)cccc2C1. The van der Waals surface area contributed by atoms with Crippen LogP contribution in [-0.2, 0) is 19.5 Å². The van der Waals surface area contributed by atoms with Gasteiger partial charge in [-0.1, -0.05) is 23.7 Å². The van der Waals surface area contributed by atoms with E-state index in [1.54, 1.807) is 6.07 Å². The van der Waals surface area contributed by atoms with Crippen molar-refractivity contribution in [3.63, 3.8) is 0 Å². The van der Waals surface area contributed by atoms with Crippen molar-refractivity contribution >= 4 is 17.5 Å². The number of hydrogen-bond donors (Lipinski definition) is 0. The van der Waals surface area contributed by atoms with Crippen LogP contribution >= 0.6 is 11.6 Å². The van der Waals surface area contributed by atoms with Crippen LogP contribution in [0.25, 0.3) is 0 Å². The Kier molecular flexibility index (Phi) is 4.33. The third-order valence-corrected chi connectivity index (χ3v) is 5.30. The maximum absolute atomic E-state index is 12.7. The Morgan fingerprint density at radius 1 is 1.12 bits per heavy atom. The lowest BCUT2D eigenvalue weighted by molar-refractivity contribution is 0.0699. The summed E-state index contributed by atoms with van der Waals surface area (Å²) < 4.78 is 5.81. The zero-order valence-corrected chi connectivity index (χ0v) is 14.4. The monoisotopic (exact) mass is 344 g/mol. The summed E-state index contributed by atoms with van der Waals surface area (Å²) in [6.45, 7) is 4.31. The van der Waals surface area contributed by atoms with E-state index in [9.17, 15) is 4.79 Å². The van der Waals surface area contributed by atoms with Crippen molar-refractivity contribution in [2.24, 2.45) is 0 Å². The molecule has 0 aliphatic carbocycles. The summed E-state index contributed by atoms with van der Waals surface area (Å²) in [6.07, 6.45) is 3.30. The van der Waals surface area contributed by atoms with E-state index in [0.29, 0.717) is 18.8 Å². The molecule has 0 spiro atoms. The van der Waals surface area contributed by atoms with Gasteiger partial charge < -0.3 is 9.32 Å². The lowest BCUT2D eigenvalue weighted by atomic mass is 9.99. The largest absolute Gasteiger partial charge is 0.455 e. The summed E-state index contributed by atoms with van der Waals surface area (Å²) >= 11 is 6.24. The fraction of sp³-hybridized carbons (Fsp3) is 0.421. The molecule has 5 heteroatoms. The highest BCUT2D eigenvalue weighted by Crippen LogP contribution is 2.27. The second-order valence-corrected chi connectivity index (χ2v) is 7.01. The van der Waals surface area contributed by atoms with Crippen LogP contribution in [0.5, 0.6) is 0 Å². The number of carbonyl (C=O) groups excluding carboxylic acids is 1. The van der Waals surface area contributed by atoms with Gasteiger partial charge in [0.15, 0.2) is 5.76 Å². The molecule has 0 N–H and O–H groups in total. The van der Waals surface area contributed by atoms with Gasteiger partial charge in [-0.05, 0) is 61.7 Å². The first-order valence-electron chi connectivity index (χ1n) is 8.57. The zero-order chi connectivity index (χ0) is 16.5. The first-order valence-corrected chi connectivity index (χ1v) is 8.95. The number of carbonyl (C=O) groups is 1. The van der Waals surface area contributed by atoms with Crippen molar-refractivity contribution in [1.29, 1.82) is 0 Å². The number of hydrogen-bond acceptors (Lipinski definition) is 3. The maximum Gasteiger partial charge on any atom is 0.289 e. The van der Waals surface area contributed by atoms with Crippen LogP contribution in [0, 0.1) is 0 Å². The highest BCUT2D eigenvalue weighted by atomic mass is 35.5. The number of likely N-dealkylation sites (tertiary alicyclic amines) is 1. The molecule has 1 aromatic carbocycles. The molecule has 0 unspecified atom stereocenters. The molecule has 2 aliphatic heterocycles. The number of furan rings is 1. The van der Waals surface area contributed by atoms with Crippen LogP contribution in [0.3, 0.4) is 0 Å². The molecule has 4 rings (SSSR count). The van der Waals surface area contributed by atoms with E-state index in [-0.39, 0.29) is 5.91 Å². The van der Waals surface area contributed by atoms with Crippen molar-refractivity contribution in [3.8, 4) is 0 Å². The van der Waals surface area contributed by atoms with E-state index < -0.39 is 0 Å². The molecule has 2 aliphatic rings. The highest BCUT2D eigenvalue weighted by Gasteiger charge is 2.25. The van der Waals surface area contributed by atoms with Crippen molar-refractivity contribution in [2.45, 2.75) is 32.4 Å². The van der Waals surface area contributed by atoms with Gasteiger partial charge >= 0.3 is 0 Å². The molecule has 1 aromatic heterocycles. The second-order valence-electron chi connectivity index (χ2n) is 6.60. The molecule has 126 valence electrons. The number of fused-ring (bicyclic) bond motifs is 1. The fourth-order valence-corrected chi connectivity index (χ4v) is 3.92. The van der Waals surface area contributed by atoms with E-state index in [0.717, 1.165) is 48.0 Å². The van der Waals surface area contributed by atoms with Gasteiger partial charge in [0.25, 0.3) is 5.91 Å². The van der Waals surface area contributed by atoms with Crippen LogP contribution in [-0.4, -0.2) is 35.3 Å². The van der Waals surface area contributed by atoms with Gasteiger partial charge in [0.1, 0.15) is 5.76 Å².